The summed E-state index contributed by atoms with van der Waals surface area (Å²) in [6.45, 7) is 4.30. The zero-order chi connectivity index (χ0) is 15.2. The molecule has 2 rings (SSSR count). The van der Waals surface area contributed by atoms with E-state index in [1.54, 1.807) is 12.1 Å². The number of hydrogen-bond donors (Lipinski definition) is 3. The first-order valence-electron chi connectivity index (χ1n) is 6.47. The van der Waals surface area contributed by atoms with E-state index in [2.05, 4.69) is 20.8 Å². The molecule has 1 unspecified atom stereocenters. The van der Waals surface area contributed by atoms with Crippen molar-refractivity contribution in [2.45, 2.75) is 19.9 Å². The maximum absolute atomic E-state index is 11.9. The van der Waals surface area contributed by atoms with Gasteiger partial charge in [0.2, 0.25) is 5.13 Å². The Bertz CT molecular complexity index is 616. The van der Waals surface area contributed by atoms with E-state index in [1.807, 2.05) is 26.0 Å². The summed E-state index contributed by atoms with van der Waals surface area (Å²) < 4.78 is 5.38. The van der Waals surface area contributed by atoms with Gasteiger partial charge < -0.3 is 21.1 Å². The molecule has 0 aliphatic carbocycles. The Hall–Kier alpha value is -2.35. The molecule has 2 amide bonds. The number of nitrogen functional groups attached to an aromatic ring is 1. The lowest BCUT2D eigenvalue weighted by molar-refractivity contribution is 0.249. The average Bonchev–Trinajstić information content (AvgIpc) is 2.86. The predicted molar refractivity (Wildman–Crippen MR) is 82.5 cm³/mol. The van der Waals surface area contributed by atoms with Gasteiger partial charge in [0.25, 0.3) is 0 Å². The Kier molecular flexibility index (Phi) is 4.94. The highest BCUT2D eigenvalue weighted by Crippen LogP contribution is 2.20. The summed E-state index contributed by atoms with van der Waals surface area (Å²) in [4.78, 5) is 11.9. The Balaban J connectivity index is 1.93. The van der Waals surface area contributed by atoms with Gasteiger partial charge in [-0.15, -0.1) is 10.2 Å². The summed E-state index contributed by atoms with van der Waals surface area (Å²) in [6, 6.07) is 6.60. The van der Waals surface area contributed by atoms with Gasteiger partial charge in [-0.25, -0.2) is 4.79 Å². The lowest BCUT2D eigenvalue weighted by Crippen LogP contribution is -2.31. The molecular weight excluding hydrogens is 290 g/mol. The number of nitrogens with two attached hydrogens (primary N) is 1. The van der Waals surface area contributed by atoms with Crippen LogP contribution in [0.4, 0.5) is 15.6 Å². The van der Waals surface area contributed by atoms with E-state index in [9.17, 15) is 4.79 Å². The van der Waals surface area contributed by atoms with Crippen LogP contribution in [0, 0.1) is 0 Å². The molecular formula is C13H17N5O2S. The van der Waals surface area contributed by atoms with Crippen molar-refractivity contribution >= 4 is 28.2 Å². The van der Waals surface area contributed by atoms with Crippen molar-refractivity contribution in [3.05, 3.63) is 29.3 Å². The van der Waals surface area contributed by atoms with E-state index < -0.39 is 0 Å². The molecule has 0 bridgehead atoms. The molecule has 1 aromatic carbocycles. The fourth-order valence-electron chi connectivity index (χ4n) is 1.68. The molecule has 1 aromatic heterocycles. The molecule has 2 aromatic rings. The largest absolute Gasteiger partial charge is 0.494 e. The van der Waals surface area contributed by atoms with Crippen molar-refractivity contribution in [1.29, 1.82) is 0 Å². The Labute approximate surface area is 126 Å². The van der Waals surface area contributed by atoms with E-state index >= 15 is 0 Å². The molecule has 21 heavy (non-hydrogen) atoms. The van der Waals surface area contributed by atoms with Crippen LogP contribution in [-0.4, -0.2) is 22.8 Å². The minimum atomic E-state index is -0.329. The van der Waals surface area contributed by atoms with Gasteiger partial charge >= 0.3 is 6.03 Å². The summed E-state index contributed by atoms with van der Waals surface area (Å²) in [7, 11) is 0. The van der Waals surface area contributed by atoms with Crippen molar-refractivity contribution in [3.8, 4) is 5.75 Å². The van der Waals surface area contributed by atoms with Crippen LogP contribution in [0.25, 0.3) is 0 Å². The molecule has 8 heteroatoms. The van der Waals surface area contributed by atoms with E-state index in [0.717, 1.165) is 0 Å². The van der Waals surface area contributed by atoms with Crippen LogP contribution in [-0.2, 0) is 0 Å². The molecule has 4 N–H and O–H groups in total. The van der Waals surface area contributed by atoms with E-state index in [0.29, 0.717) is 28.2 Å². The number of rotatable bonds is 5. The molecule has 0 radical (unpaired) electrons. The first-order chi connectivity index (χ1) is 10.1. The highest BCUT2D eigenvalue weighted by molar-refractivity contribution is 7.15. The molecule has 1 heterocycles. The summed E-state index contributed by atoms with van der Waals surface area (Å²) in [5, 5.41) is 14.2. The van der Waals surface area contributed by atoms with Crippen molar-refractivity contribution in [1.82, 2.24) is 15.5 Å². The van der Waals surface area contributed by atoms with Gasteiger partial charge in [0.1, 0.15) is 10.8 Å². The minimum absolute atomic E-state index is 0.269. The average molecular weight is 307 g/mol. The number of nitrogens with zero attached hydrogens (tertiary/aromatic N) is 2. The molecule has 0 aliphatic rings. The zero-order valence-electron chi connectivity index (χ0n) is 11.8. The predicted octanol–water partition coefficient (Wildman–Crippen LogP) is 2.40. The molecule has 0 saturated heterocycles. The third kappa shape index (κ3) is 4.32. The quantitative estimate of drug-likeness (QED) is 0.787. The molecule has 7 nitrogen and oxygen atoms in total. The summed E-state index contributed by atoms with van der Waals surface area (Å²) in [5.41, 5.74) is 6.17. The van der Waals surface area contributed by atoms with Gasteiger partial charge in [0.15, 0.2) is 0 Å². The Morgan fingerprint density at radius 3 is 2.95 bits per heavy atom. The number of anilines is 2. The van der Waals surface area contributed by atoms with Gasteiger partial charge in [-0.05, 0) is 26.0 Å². The van der Waals surface area contributed by atoms with Gasteiger partial charge in [-0.2, -0.15) is 0 Å². The van der Waals surface area contributed by atoms with Crippen LogP contribution in [0.15, 0.2) is 24.3 Å². The fraction of sp³-hybridized carbons (Fsp3) is 0.308. The number of amides is 2. The van der Waals surface area contributed by atoms with Crippen molar-refractivity contribution in [2.24, 2.45) is 0 Å². The lowest BCUT2D eigenvalue weighted by Gasteiger charge is -2.12. The highest BCUT2D eigenvalue weighted by Gasteiger charge is 2.14. The number of carbonyl (C=O) groups excluding carboxylic acids is 1. The second kappa shape index (κ2) is 6.89. The van der Waals surface area contributed by atoms with Crippen molar-refractivity contribution in [2.75, 3.05) is 17.7 Å². The number of carbonyl (C=O) groups is 1. The first kappa shape index (κ1) is 15.0. The number of ether oxygens (including phenoxy) is 1. The molecule has 1 atom stereocenters. The summed E-state index contributed by atoms with van der Waals surface area (Å²) in [6.07, 6.45) is 0. The lowest BCUT2D eigenvalue weighted by atomic mass is 10.3. The number of benzene rings is 1. The van der Waals surface area contributed by atoms with Crippen LogP contribution < -0.4 is 21.1 Å². The number of hydrogen-bond acceptors (Lipinski definition) is 6. The maximum atomic E-state index is 11.9. The monoisotopic (exact) mass is 307 g/mol. The normalized spacial score (nSPS) is 11.7. The van der Waals surface area contributed by atoms with Crippen LogP contribution >= 0.6 is 11.3 Å². The third-order valence-electron chi connectivity index (χ3n) is 2.58. The summed E-state index contributed by atoms with van der Waals surface area (Å²) in [5.74, 6) is 0.709. The van der Waals surface area contributed by atoms with Crippen molar-refractivity contribution < 1.29 is 9.53 Å². The molecule has 0 spiro atoms. The number of aromatic nitrogens is 2. The van der Waals surface area contributed by atoms with Gasteiger partial charge in [0, 0.05) is 11.8 Å². The molecule has 0 fully saturated rings. The van der Waals surface area contributed by atoms with E-state index in [-0.39, 0.29) is 12.1 Å². The van der Waals surface area contributed by atoms with Crippen LogP contribution in [0.3, 0.4) is 0 Å². The second-order valence-electron chi connectivity index (χ2n) is 4.26. The minimum Gasteiger partial charge on any atom is -0.494 e. The Morgan fingerprint density at radius 1 is 1.48 bits per heavy atom. The first-order valence-corrected chi connectivity index (χ1v) is 7.29. The van der Waals surface area contributed by atoms with E-state index in [1.165, 1.54) is 11.3 Å². The fourth-order valence-corrected chi connectivity index (χ4v) is 2.29. The van der Waals surface area contributed by atoms with Gasteiger partial charge in [-0.1, -0.05) is 17.4 Å². The SMILES string of the molecule is CCOc1cccc(NC(=O)NC(C)c2nnc(N)s2)c1. The Morgan fingerprint density at radius 2 is 2.29 bits per heavy atom. The van der Waals surface area contributed by atoms with Crippen LogP contribution in [0.5, 0.6) is 5.75 Å². The molecule has 112 valence electrons. The van der Waals surface area contributed by atoms with Gasteiger partial charge in [0.05, 0.1) is 12.6 Å². The topological polar surface area (TPSA) is 102 Å². The van der Waals surface area contributed by atoms with Crippen molar-refractivity contribution in [3.63, 3.8) is 0 Å². The highest BCUT2D eigenvalue weighted by atomic mass is 32.1. The van der Waals surface area contributed by atoms with Crippen LogP contribution in [0.2, 0.25) is 0 Å². The standard InChI is InChI=1S/C13H17N5O2S/c1-3-20-10-6-4-5-9(7-10)16-13(19)15-8(2)11-17-18-12(14)21-11/h4-8H,3H2,1-2H3,(H2,14,18)(H2,15,16,19). The number of urea groups is 1. The van der Waals surface area contributed by atoms with Crippen LogP contribution in [0.1, 0.15) is 24.9 Å². The smallest absolute Gasteiger partial charge is 0.319 e. The zero-order valence-corrected chi connectivity index (χ0v) is 12.6. The number of nitrogens with one attached hydrogen (secondary N) is 2. The molecule has 0 aliphatic heterocycles. The second-order valence-corrected chi connectivity index (χ2v) is 5.30. The summed E-state index contributed by atoms with van der Waals surface area (Å²) >= 11 is 1.25. The van der Waals surface area contributed by atoms with E-state index in [4.69, 9.17) is 10.5 Å². The third-order valence-corrected chi connectivity index (χ3v) is 3.51. The maximum Gasteiger partial charge on any atom is 0.319 e. The molecule has 0 saturated carbocycles. The van der Waals surface area contributed by atoms with Gasteiger partial charge in [-0.3, -0.25) is 0 Å².